The van der Waals surface area contributed by atoms with Gasteiger partial charge in [-0.3, -0.25) is 4.90 Å². The van der Waals surface area contributed by atoms with Gasteiger partial charge in [0.2, 0.25) is 0 Å². The van der Waals surface area contributed by atoms with Crippen LogP contribution in [0.1, 0.15) is 60.8 Å². The Hall–Kier alpha value is -1.41. The quantitative estimate of drug-likeness (QED) is 0.400. The molecule has 30 heavy (non-hydrogen) atoms. The van der Waals surface area contributed by atoms with Crippen LogP contribution in [-0.2, 0) is 14.0 Å². The Morgan fingerprint density at radius 1 is 1.27 bits per heavy atom. The summed E-state index contributed by atoms with van der Waals surface area (Å²) in [6.07, 6.45) is -1.74. The first kappa shape index (κ1) is 26.6. The second kappa shape index (κ2) is 9.38. The minimum absolute atomic E-state index is 0.0239. The highest BCUT2D eigenvalue weighted by atomic mass is 28.4. The molecule has 1 aliphatic heterocycles. The van der Waals surface area contributed by atoms with Gasteiger partial charge in [-0.15, -0.1) is 0 Å². The summed E-state index contributed by atoms with van der Waals surface area (Å²) in [5.41, 5.74) is -1.52. The van der Waals surface area contributed by atoms with Gasteiger partial charge in [-0.1, -0.05) is 48.1 Å². The summed E-state index contributed by atoms with van der Waals surface area (Å²) in [7, 11) is -2.18. The van der Waals surface area contributed by atoms with Crippen molar-refractivity contribution in [2.75, 3.05) is 19.8 Å². The van der Waals surface area contributed by atoms with Crippen molar-refractivity contribution in [3.63, 3.8) is 0 Å². The summed E-state index contributed by atoms with van der Waals surface area (Å²) < 4.78 is 26.3. The number of rotatable bonds is 8. The van der Waals surface area contributed by atoms with Crippen LogP contribution >= 0.6 is 0 Å². The van der Waals surface area contributed by atoms with E-state index >= 15 is 4.39 Å². The molecule has 1 aliphatic rings. The highest BCUT2D eigenvalue weighted by molar-refractivity contribution is 6.74. The van der Waals surface area contributed by atoms with E-state index in [1.807, 2.05) is 33.9 Å². The summed E-state index contributed by atoms with van der Waals surface area (Å²) in [4.78, 5) is 26.1. The standard InChI is InChI=1S/C22H40FNO5Si/c1-16-10-12-24(19(27)28-13-11-20(2,3)4)22(16,18(25)26)14-17(23)15-29-30(8,9)21(5,6)7/h17H,1,10-15H2,2-9H3,(H,25,26)/t17-,22-/m1/s1. The SMILES string of the molecule is C=C1CCN(C(=O)OCCC(C)(C)C)[C@@]1(C[C@@H](F)CO[Si](C)(C)C(C)(C)C)C(=O)O. The average molecular weight is 446 g/mol. The fourth-order valence-corrected chi connectivity index (χ4v) is 4.14. The summed E-state index contributed by atoms with van der Waals surface area (Å²) in [6.45, 7) is 20.2. The van der Waals surface area contributed by atoms with Crippen LogP contribution in [0.2, 0.25) is 18.1 Å². The summed E-state index contributed by atoms with van der Waals surface area (Å²) in [5.74, 6) is -1.28. The molecule has 0 radical (unpaired) electrons. The first-order valence-corrected chi connectivity index (χ1v) is 13.5. The third-order valence-corrected chi connectivity index (χ3v) is 10.8. The minimum Gasteiger partial charge on any atom is -0.479 e. The van der Waals surface area contributed by atoms with Crippen molar-refractivity contribution in [3.8, 4) is 0 Å². The van der Waals surface area contributed by atoms with E-state index in [2.05, 4.69) is 27.4 Å². The summed E-state index contributed by atoms with van der Waals surface area (Å²) >= 11 is 0. The van der Waals surface area contributed by atoms with Crippen molar-refractivity contribution in [1.82, 2.24) is 4.90 Å². The number of hydrogen-bond acceptors (Lipinski definition) is 4. The first-order valence-electron chi connectivity index (χ1n) is 10.6. The van der Waals surface area contributed by atoms with E-state index in [1.54, 1.807) is 0 Å². The molecule has 2 atom stereocenters. The average Bonchev–Trinajstić information content (AvgIpc) is 2.88. The van der Waals surface area contributed by atoms with Gasteiger partial charge >= 0.3 is 12.1 Å². The van der Waals surface area contributed by atoms with Gasteiger partial charge in [-0.05, 0) is 42.0 Å². The second-order valence-corrected chi connectivity index (χ2v) is 15.8. The predicted molar refractivity (Wildman–Crippen MR) is 119 cm³/mol. The van der Waals surface area contributed by atoms with Gasteiger partial charge in [-0.2, -0.15) is 0 Å². The molecule has 0 aromatic heterocycles. The van der Waals surface area contributed by atoms with E-state index in [0.29, 0.717) is 18.4 Å². The maximum absolute atomic E-state index is 15.0. The highest BCUT2D eigenvalue weighted by Gasteiger charge is 2.55. The van der Waals surface area contributed by atoms with Gasteiger partial charge in [-0.25, -0.2) is 14.0 Å². The van der Waals surface area contributed by atoms with Crippen molar-refractivity contribution in [1.29, 1.82) is 0 Å². The number of carbonyl (C=O) groups is 2. The summed E-state index contributed by atoms with van der Waals surface area (Å²) in [5, 5.41) is 9.92. The smallest absolute Gasteiger partial charge is 0.411 e. The molecule has 1 fully saturated rings. The molecule has 0 unspecified atom stereocenters. The van der Waals surface area contributed by atoms with Gasteiger partial charge in [0, 0.05) is 13.0 Å². The fourth-order valence-electron chi connectivity index (χ4n) is 3.11. The zero-order valence-corrected chi connectivity index (χ0v) is 20.9. The zero-order chi connectivity index (χ0) is 23.5. The van der Waals surface area contributed by atoms with E-state index in [0.717, 1.165) is 4.90 Å². The van der Waals surface area contributed by atoms with E-state index in [-0.39, 0.29) is 30.2 Å². The van der Waals surface area contributed by atoms with Crippen molar-refractivity contribution in [2.45, 2.75) is 90.6 Å². The van der Waals surface area contributed by atoms with Crippen LogP contribution in [0.5, 0.6) is 0 Å². The molecule has 1 rings (SSSR count). The van der Waals surface area contributed by atoms with E-state index in [9.17, 15) is 14.7 Å². The number of hydrogen-bond donors (Lipinski definition) is 1. The molecule has 1 saturated heterocycles. The van der Waals surface area contributed by atoms with Crippen LogP contribution < -0.4 is 0 Å². The maximum atomic E-state index is 15.0. The van der Waals surface area contributed by atoms with Crippen molar-refractivity contribution in [3.05, 3.63) is 12.2 Å². The lowest BCUT2D eigenvalue weighted by Gasteiger charge is -2.38. The van der Waals surface area contributed by atoms with Crippen LogP contribution in [0.15, 0.2) is 12.2 Å². The van der Waals surface area contributed by atoms with Gasteiger partial charge < -0.3 is 14.3 Å². The number of carboxylic acids is 1. The predicted octanol–water partition coefficient (Wildman–Crippen LogP) is 5.39. The molecule has 0 bridgehead atoms. The second-order valence-electron chi connectivity index (χ2n) is 11.0. The third kappa shape index (κ3) is 6.29. The Bertz CT molecular complexity index is 653. The number of ether oxygens (including phenoxy) is 1. The monoisotopic (exact) mass is 445 g/mol. The highest BCUT2D eigenvalue weighted by Crippen LogP contribution is 2.40. The molecule has 6 nitrogen and oxygen atoms in total. The zero-order valence-electron chi connectivity index (χ0n) is 19.9. The molecule has 0 saturated carbocycles. The first-order chi connectivity index (χ1) is 13.4. The minimum atomic E-state index is -2.18. The van der Waals surface area contributed by atoms with Crippen molar-refractivity contribution < 1.29 is 28.2 Å². The number of alkyl halides is 1. The number of halogens is 1. The Morgan fingerprint density at radius 3 is 2.30 bits per heavy atom. The van der Waals surface area contributed by atoms with Crippen molar-refractivity contribution >= 4 is 20.4 Å². The molecular weight excluding hydrogens is 405 g/mol. The Labute approximate surface area is 181 Å². The number of carbonyl (C=O) groups excluding carboxylic acids is 1. The van der Waals surface area contributed by atoms with Crippen LogP contribution in [0.25, 0.3) is 0 Å². The Balaban J connectivity index is 2.94. The van der Waals surface area contributed by atoms with Crippen LogP contribution in [0.3, 0.4) is 0 Å². The van der Waals surface area contributed by atoms with E-state index in [4.69, 9.17) is 9.16 Å². The van der Waals surface area contributed by atoms with Crippen molar-refractivity contribution in [2.24, 2.45) is 5.41 Å². The molecule has 174 valence electrons. The largest absolute Gasteiger partial charge is 0.479 e. The lowest BCUT2D eigenvalue weighted by Crippen LogP contribution is -2.56. The lowest BCUT2D eigenvalue weighted by atomic mass is 9.86. The lowest BCUT2D eigenvalue weighted by molar-refractivity contribution is -0.148. The number of aliphatic carboxylic acids is 1. The molecule has 0 spiro atoms. The molecule has 1 heterocycles. The number of carboxylic acid groups (broad SMARTS) is 1. The van der Waals surface area contributed by atoms with Crippen LogP contribution in [-0.4, -0.2) is 61.9 Å². The molecule has 8 heteroatoms. The Morgan fingerprint density at radius 2 is 1.83 bits per heavy atom. The fraction of sp³-hybridized carbons (Fsp3) is 0.818. The molecule has 0 aromatic carbocycles. The van der Waals surface area contributed by atoms with E-state index in [1.165, 1.54) is 0 Å². The van der Waals surface area contributed by atoms with Gasteiger partial charge in [0.05, 0.1) is 13.2 Å². The third-order valence-electron chi connectivity index (χ3n) is 6.28. The van der Waals surface area contributed by atoms with Gasteiger partial charge in [0.15, 0.2) is 13.9 Å². The number of likely N-dealkylation sites (tertiary alicyclic amines) is 1. The number of nitrogens with zero attached hydrogens (tertiary/aromatic N) is 1. The topological polar surface area (TPSA) is 76.1 Å². The molecule has 0 aliphatic carbocycles. The molecular formula is C22H40FNO5Si. The summed E-state index contributed by atoms with van der Waals surface area (Å²) in [6, 6.07) is 0. The normalized spacial score (nSPS) is 21.6. The molecule has 1 amide bonds. The molecule has 0 aromatic rings. The van der Waals surface area contributed by atoms with Gasteiger partial charge in [0.1, 0.15) is 6.17 Å². The van der Waals surface area contributed by atoms with Gasteiger partial charge in [0.25, 0.3) is 0 Å². The Kier molecular flexibility index (Phi) is 8.33. The number of amides is 1. The van der Waals surface area contributed by atoms with Crippen LogP contribution in [0, 0.1) is 5.41 Å². The van der Waals surface area contributed by atoms with E-state index < -0.39 is 38.5 Å². The maximum Gasteiger partial charge on any atom is 0.411 e. The molecule has 1 N–H and O–H groups in total. The van der Waals surface area contributed by atoms with Crippen LogP contribution in [0.4, 0.5) is 9.18 Å².